The fourth-order valence-electron chi connectivity index (χ4n) is 1.80. The van der Waals surface area contributed by atoms with Gasteiger partial charge in [0.25, 0.3) is 0 Å². The normalized spacial score (nSPS) is 11.1. The average molecular weight is 358 g/mol. The van der Waals surface area contributed by atoms with Crippen molar-refractivity contribution in [3.63, 3.8) is 0 Å². The summed E-state index contributed by atoms with van der Waals surface area (Å²) in [5.74, 6) is -1.06. The van der Waals surface area contributed by atoms with Gasteiger partial charge in [-0.25, -0.2) is 14.2 Å². The quantitative estimate of drug-likeness (QED) is 0.869. The molecular weight excluding hydrogens is 345 g/mol. The van der Waals surface area contributed by atoms with E-state index < -0.39 is 5.97 Å². The molecule has 0 amide bonds. The number of carboxylic acids is 1. The Balaban J connectivity index is 2.46. The first-order valence-corrected chi connectivity index (χ1v) is 7.68. The molecule has 0 saturated heterocycles. The lowest BCUT2D eigenvalue weighted by molar-refractivity contribution is 0.0700. The molecule has 2 aromatic rings. The van der Waals surface area contributed by atoms with E-state index in [4.69, 9.17) is 0 Å². The second-order valence-electron chi connectivity index (χ2n) is 4.83. The maximum absolute atomic E-state index is 13.6. The molecule has 0 bridgehead atoms. The van der Waals surface area contributed by atoms with Crippen LogP contribution in [0.2, 0.25) is 0 Å². The Kier molecular flexibility index (Phi) is 4.55. The Morgan fingerprint density at radius 1 is 1.50 bits per heavy atom. The molecule has 1 heterocycles. The molecule has 20 heavy (non-hydrogen) atoms. The monoisotopic (exact) mass is 357 g/mol. The van der Waals surface area contributed by atoms with E-state index in [2.05, 4.69) is 20.9 Å². The van der Waals surface area contributed by atoms with Crippen LogP contribution < -0.4 is 0 Å². The first-order chi connectivity index (χ1) is 9.38. The highest BCUT2D eigenvalue weighted by atomic mass is 79.9. The van der Waals surface area contributed by atoms with Crippen molar-refractivity contribution < 1.29 is 14.3 Å². The zero-order valence-corrected chi connectivity index (χ0v) is 13.4. The molecular formula is C14H13BrFNO2S. The van der Waals surface area contributed by atoms with Crippen LogP contribution in [0.1, 0.15) is 29.2 Å². The van der Waals surface area contributed by atoms with Gasteiger partial charge in [0.2, 0.25) is 0 Å². The summed E-state index contributed by atoms with van der Waals surface area (Å²) in [4.78, 5) is 15.9. The van der Waals surface area contributed by atoms with Gasteiger partial charge >= 0.3 is 5.97 Å². The van der Waals surface area contributed by atoms with Gasteiger partial charge in [-0.15, -0.1) is 11.3 Å². The first-order valence-electron chi connectivity index (χ1n) is 6.07. The predicted molar refractivity (Wildman–Crippen MR) is 80.7 cm³/mol. The Morgan fingerprint density at radius 2 is 2.20 bits per heavy atom. The SMILES string of the molecule is CC(C)Cc1nc(-c2ccc(Br)c(F)c2)sc1C(=O)O. The second-order valence-corrected chi connectivity index (χ2v) is 6.68. The lowest BCUT2D eigenvalue weighted by Crippen LogP contribution is -2.02. The molecule has 0 aliphatic carbocycles. The molecule has 0 fully saturated rings. The van der Waals surface area contributed by atoms with Crippen LogP contribution in [0.3, 0.4) is 0 Å². The van der Waals surface area contributed by atoms with Gasteiger partial charge in [0.1, 0.15) is 15.7 Å². The Hall–Kier alpha value is -1.27. The van der Waals surface area contributed by atoms with Crippen molar-refractivity contribution in [3.05, 3.63) is 39.1 Å². The predicted octanol–water partition coefficient (Wildman–Crippen LogP) is 4.61. The summed E-state index contributed by atoms with van der Waals surface area (Å²) in [6.45, 7) is 4.01. The van der Waals surface area contributed by atoms with Gasteiger partial charge in [0, 0.05) is 5.56 Å². The number of halogens is 2. The molecule has 0 aliphatic heterocycles. The van der Waals surface area contributed by atoms with Crippen LogP contribution >= 0.6 is 27.3 Å². The molecule has 0 unspecified atom stereocenters. The average Bonchev–Trinajstić information content (AvgIpc) is 2.76. The molecule has 1 aromatic heterocycles. The molecule has 0 spiro atoms. The van der Waals surface area contributed by atoms with Crippen LogP contribution in [-0.2, 0) is 6.42 Å². The van der Waals surface area contributed by atoms with Crippen molar-refractivity contribution in [2.45, 2.75) is 20.3 Å². The number of hydrogen-bond donors (Lipinski definition) is 1. The third-order valence-electron chi connectivity index (χ3n) is 2.66. The number of benzene rings is 1. The van der Waals surface area contributed by atoms with Gasteiger partial charge in [0.05, 0.1) is 10.2 Å². The van der Waals surface area contributed by atoms with Crippen molar-refractivity contribution in [2.24, 2.45) is 5.92 Å². The highest BCUT2D eigenvalue weighted by molar-refractivity contribution is 9.10. The lowest BCUT2D eigenvalue weighted by Gasteiger charge is -2.01. The number of nitrogens with zero attached hydrogens (tertiary/aromatic N) is 1. The third kappa shape index (κ3) is 3.24. The van der Waals surface area contributed by atoms with Crippen LogP contribution in [0.4, 0.5) is 4.39 Å². The summed E-state index contributed by atoms with van der Waals surface area (Å²) in [6, 6.07) is 4.67. The molecule has 0 radical (unpaired) electrons. The van der Waals surface area contributed by atoms with Gasteiger partial charge in [-0.3, -0.25) is 0 Å². The maximum atomic E-state index is 13.6. The summed E-state index contributed by atoms with van der Waals surface area (Å²) >= 11 is 4.18. The molecule has 0 atom stereocenters. The van der Waals surface area contributed by atoms with Crippen molar-refractivity contribution in [3.8, 4) is 10.6 Å². The Labute approximate surface area is 128 Å². The Bertz CT molecular complexity index is 655. The summed E-state index contributed by atoms with van der Waals surface area (Å²) in [5, 5.41) is 9.76. The highest BCUT2D eigenvalue weighted by Crippen LogP contribution is 2.31. The van der Waals surface area contributed by atoms with Crippen LogP contribution in [0, 0.1) is 11.7 Å². The minimum Gasteiger partial charge on any atom is -0.477 e. The number of rotatable bonds is 4. The number of carbonyl (C=O) groups is 1. The zero-order valence-electron chi connectivity index (χ0n) is 11.0. The van der Waals surface area contributed by atoms with Gasteiger partial charge in [0.15, 0.2) is 0 Å². The number of thiazole rings is 1. The topological polar surface area (TPSA) is 50.2 Å². The van der Waals surface area contributed by atoms with Gasteiger partial charge < -0.3 is 5.11 Å². The summed E-state index contributed by atoms with van der Waals surface area (Å²) in [7, 11) is 0. The van der Waals surface area contributed by atoms with Gasteiger partial charge in [-0.2, -0.15) is 0 Å². The Morgan fingerprint density at radius 3 is 2.75 bits per heavy atom. The van der Waals surface area contributed by atoms with Gasteiger partial charge in [-0.1, -0.05) is 19.9 Å². The van der Waals surface area contributed by atoms with Crippen LogP contribution in [-0.4, -0.2) is 16.1 Å². The molecule has 2 rings (SSSR count). The summed E-state index contributed by atoms with van der Waals surface area (Å²) in [5.41, 5.74) is 1.16. The van der Waals surface area contributed by atoms with E-state index in [1.54, 1.807) is 12.1 Å². The molecule has 3 nitrogen and oxygen atoms in total. The number of aromatic nitrogens is 1. The van der Waals surface area contributed by atoms with Gasteiger partial charge in [-0.05, 0) is 40.4 Å². The third-order valence-corrected chi connectivity index (χ3v) is 4.44. The fraction of sp³-hybridized carbons (Fsp3) is 0.286. The maximum Gasteiger partial charge on any atom is 0.347 e. The molecule has 0 saturated carbocycles. The second kappa shape index (κ2) is 6.01. The standard InChI is InChI=1S/C14H13BrFNO2S/c1-7(2)5-11-12(14(18)19)20-13(17-11)8-3-4-9(15)10(16)6-8/h3-4,6-7H,5H2,1-2H3,(H,18,19). The van der Waals surface area contributed by atoms with E-state index in [0.29, 0.717) is 33.1 Å². The van der Waals surface area contributed by atoms with Crippen LogP contribution in [0.15, 0.2) is 22.7 Å². The molecule has 1 N–H and O–H groups in total. The molecule has 1 aromatic carbocycles. The summed E-state index contributed by atoms with van der Waals surface area (Å²) in [6.07, 6.45) is 0.594. The van der Waals surface area contributed by atoms with E-state index in [1.165, 1.54) is 6.07 Å². The van der Waals surface area contributed by atoms with E-state index in [9.17, 15) is 14.3 Å². The minimum atomic E-state index is -0.984. The van der Waals surface area contributed by atoms with Crippen molar-refractivity contribution >= 4 is 33.2 Å². The van der Waals surface area contributed by atoms with E-state index >= 15 is 0 Å². The first kappa shape index (κ1) is 15.1. The fourth-order valence-corrected chi connectivity index (χ4v) is 2.97. The van der Waals surface area contributed by atoms with Crippen molar-refractivity contribution in [1.29, 1.82) is 0 Å². The smallest absolute Gasteiger partial charge is 0.347 e. The number of hydrogen-bond acceptors (Lipinski definition) is 3. The van der Waals surface area contributed by atoms with E-state index in [-0.39, 0.29) is 10.7 Å². The number of aromatic carboxylic acids is 1. The van der Waals surface area contributed by atoms with Crippen LogP contribution in [0.25, 0.3) is 10.6 Å². The molecule has 6 heteroatoms. The largest absolute Gasteiger partial charge is 0.477 e. The number of carboxylic acid groups (broad SMARTS) is 1. The molecule has 0 aliphatic rings. The van der Waals surface area contributed by atoms with Crippen molar-refractivity contribution in [2.75, 3.05) is 0 Å². The summed E-state index contributed by atoms with van der Waals surface area (Å²) < 4.78 is 13.9. The minimum absolute atomic E-state index is 0.233. The van der Waals surface area contributed by atoms with Crippen molar-refractivity contribution in [1.82, 2.24) is 4.98 Å². The lowest BCUT2D eigenvalue weighted by atomic mass is 10.1. The molecule has 106 valence electrons. The van der Waals surface area contributed by atoms with E-state index in [0.717, 1.165) is 11.3 Å². The zero-order chi connectivity index (χ0) is 14.9. The highest BCUT2D eigenvalue weighted by Gasteiger charge is 2.19. The van der Waals surface area contributed by atoms with E-state index in [1.807, 2.05) is 13.8 Å². The van der Waals surface area contributed by atoms with Crippen LogP contribution in [0.5, 0.6) is 0 Å².